The molecule has 0 N–H and O–H groups in total. The van der Waals surface area contributed by atoms with Crippen LogP contribution in [0.1, 0.15) is 23.2 Å². The molecule has 0 bridgehead atoms. The number of carbonyl (C=O) groups is 2. The molecule has 10 heteroatoms. The van der Waals surface area contributed by atoms with Crippen molar-refractivity contribution in [3.8, 4) is 0 Å². The number of benzene rings is 1. The number of hydrogen-bond donors (Lipinski definition) is 0. The molecule has 3 saturated heterocycles. The lowest BCUT2D eigenvalue weighted by Gasteiger charge is -2.36. The molecule has 1 aromatic carbocycles. The molecule has 0 unspecified atom stereocenters. The second-order valence-electron chi connectivity index (χ2n) is 8.20. The SMILES string of the molecule is O=C(CN1CCN(C(=O)c2cccc(S(=O)(=O)N3CCCC3)c2)CC1)N1CCOCC1. The summed E-state index contributed by atoms with van der Waals surface area (Å²) in [6.45, 7) is 6.11. The Balaban J connectivity index is 1.34. The van der Waals surface area contributed by atoms with Crippen LogP contribution in [-0.2, 0) is 19.6 Å². The normalized spacial score (nSPS) is 21.4. The van der Waals surface area contributed by atoms with E-state index in [0.29, 0.717) is 77.7 Å². The predicted molar refractivity (Wildman–Crippen MR) is 114 cm³/mol. The first-order valence-corrected chi connectivity index (χ1v) is 12.4. The Morgan fingerprint density at radius 1 is 0.871 bits per heavy atom. The predicted octanol–water partition coefficient (Wildman–Crippen LogP) is 0.0877. The average molecular weight is 451 g/mol. The fraction of sp³-hybridized carbons (Fsp3) is 0.619. The van der Waals surface area contributed by atoms with E-state index >= 15 is 0 Å². The number of amides is 2. The van der Waals surface area contributed by atoms with Gasteiger partial charge >= 0.3 is 0 Å². The molecule has 0 aliphatic carbocycles. The van der Waals surface area contributed by atoms with Crippen LogP contribution < -0.4 is 0 Å². The first-order valence-electron chi connectivity index (χ1n) is 10.9. The lowest BCUT2D eigenvalue weighted by molar-refractivity contribution is -0.136. The molecule has 0 radical (unpaired) electrons. The number of piperazine rings is 1. The molecule has 170 valence electrons. The minimum atomic E-state index is -3.56. The summed E-state index contributed by atoms with van der Waals surface area (Å²) >= 11 is 0. The monoisotopic (exact) mass is 450 g/mol. The van der Waals surface area contributed by atoms with E-state index in [1.807, 2.05) is 4.90 Å². The maximum Gasteiger partial charge on any atom is 0.253 e. The fourth-order valence-corrected chi connectivity index (χ4v) is 5.83. The highest BCUT2D eigenvalue weighted by molar-refractivity contribution is 7.89. The Morgan fingerprint density at radius 2 is 1.55 bits per heavy atom. The third-order valence-corrected chi connectivity index (χ3v) is 8.06. The molecule has 3 fully saturated rings. The van der Waals surface area contributed by atoms with Crippen molar-refractivity contribution >= 4 is 21.8 Å². The van der Waals surface area contributed by atoms with E-state index in [0.717, 1.165) is 12.8 Å². The first kappa shape index (κ1) is 22.2. The summed E-state index contributed by atoms with van der Waals surface area (Å²) in [5.41, 5.74) is 0.387. The Kier molecular flexibility index (Phi) is 6.90. The van der Waals surface area contributed by atoms with Gasteiger partial charge in [0.05, 0.1) is 24.7 Å². The van der Waals surface area contributed by atoms with E-state index in [-0.39, 0.29) is 16.7 Å². The molecule has 0 atom stereocenters. The van der Waals surface area contributed by atoms with Crippen LogP contribution in [0.3, 0.4) is 0 Å². The number of sulfonamides is 1. The highest BCUT2D eigenvalue weighted by atomic mass is 32.2. The van der Waals surface area contributed by atoms with Crippen LogP contribution in [0.15, 0.2) is 29.2 Å². The van der Waals surface area contributed by atoms with Crippen molar-refractivity contribution in [3.63, 3.8) is 0 Å². The van der Waals surface area contributed by atoms with Gasteiger partial charge in [0.25, 0.3) is 5.91 Å². The van der Waals surface area contributed by atoms with Crippen LogP contribution >= 0.6 is 0 Å². The maximum absolute atomic E-state index is 13.0. The van der Waals surface area contributed by atoms with E-state index in [2.05, 4.69) is 4.90 Å². The number of ether oxygens (including phenoxy) is 1. The van der Waals surface area contributed by atoms with Crippen molar-refractivity contribution in [1.29, 1.82) is 0 Å². The summed E-state index contributed by atoms with van der Waals surface area (Å²) in [4.78, 5) is 31.2. The van der Waals surface area contributed by atoms with Crippen molar-refractivity contribution in [1.82, 2.24) is 19.0 Å². The van der Waals surface area contributed by atoms with Gasteiger partial charge in [-0.2, -0.15) is 4.31 Å². The average Bonchev–Trinajstić information content (AvgIpc) is 3.36. The molecular formula is C21H30N4O5S. The van der Waals surface area contributed by atoms with Crippen LogP contribution in [0.4, 0.5) is 0 Å². The molecule has 4 rings (SSSR count). The molecule has 2 amide bonds. The van der Waals surface area contributed by atoms with Crippen molar-refractivity contribution in [2.75, 3.05) is 72.1 Å². The topological polar surface area (TPSA) is 90.5 Å². The maximum atomic E-state index is 13.0. The zero-order valence-corrected chi connectivity index (χ0v) is 18.6. The number of rotatable bonds is 5. The lowest BCUT2D eigenvalue weighted by atomic mass is 10.2. The van der Waals surface area contributed by atoms with Gasteiger partial charge in [-0.15, -0.1) is 0 Å². The van der Waals surface area contributed by atoms with Crippen molar-refractivity contribution in [2.45, 2.75) is 17.7 Å². The summed E-state index contributed by atoms with van der Waals surface area (Å²) < 4.78 is 32.4. The second kappa shape index (κ2) is 9.64. The zero-order valence-electron chi connectivity index (χ0n) is 17.7. The molecule has 0 aromatic heterocycles. The van der Waals surface area contributed by atoms with Crippen LogP contribution in [0.2, 0.25) is 0 Å². The van der Waals surface area contributed by atoms with Crippen molar-refractivity contribution in [2.24, 2.45) is 0 Å². The van der Waals surface area contributed by atoms with Crippen molar-refractivity contribution in [3.05, 3.63) is 29.8 Å². The number of carbonyl (C=O) groups excluding carboxylic acids is 2. The Bertz CT molecular complexity index is 902. The van der Waals surface area contributed by atoms with Gasteiger partial charge in [-0.1, -0.05) is 6.07 Å². The van der Waals surface area contributed by atoms with Gasteiger partial charge in [-0.25, -0.2) is 8.42 Å². The van der Waals surface area contributed by atoms with Crippen LogP contribution in [-0.4, -0.2) is 111 Å². The third-order valence-electron chi connectivity index (χ3n) is 6.17. The Labute approximate surface area is 183 Å². The zero-order chi connectivity index (χ0) is 21.8. The lowest BCUT2D eigenvalue weighted by Crippen LogP contribution is -2.52. The standard InChI is InChI=1S/C21H30N4O5S/c26-20(23-12-14-30-15-13-23)17-22-8-10-24(11-9-22)21(27)18-4-3-5-19(16-18)31(28,29)25-6-1-2-7-25/h3-5,16H,1-2,6-15,17H2. The van der Waals surface area contributed by atoms with Crippen LogP contribution in [0.25, 0.3) is 0 Å². The Hall–Kier alpha value is -2.01. The largest absolute Gasteiger partial charge is 0.378 e. The van der Waals surface area contributed by atoms with Gasteiger partial charge < -0.3 is 14.5 Å². The summed E-state index contributed by atoms with van der Waals surface area (Å²) in [6, 6.07) is 6.34. The molecule has 1 aromatic rings. The van der Waals surface area contributed by atoms with Crippen LogP contribution in [0.5, 0.6) is 0 Å². The molecule has 9 nitrogen and oxygen atoms in total. The van der Waals surface area contributed by atoms with Crippen molar-refractivity contribution < 1.29 is 22.7 Å². The molecule has 31 heavy (non-hydrogen) atoms. The van der Waals surface area contributed by atoms with E-state index < -0.39 is 10.0 Å². The highest BCUT2D eigenvalue weighted by Crippen LogP contribution is 2.22. The fourth-order valence-electron chi connectivity index (χ4n) is 4.26. The summed E-state index contributed by atoms with van der Waals surface area (Å²) in [7, 11) is -3.56. The van der Waals surface area contributed by atoms with E-state index in [1.54, 1.807) is 23.1 Å². The summed E-state index contributed by atoms with van der Waals surface area (Å²) in [6.07, 6.45) is 1.74. The smallest absolute Gasteiger partial charge is 0.253 e. The summed E-state index contributed by atoms with van der Waals surface area (Å²) in [5, 5.41) is 0. The van der Waals surface area contributed by atoms with E-state index in [1.165, 1.54) is 10.4 Å². The number of morpholine rings is 1. The van der Waals surface area contributed by atoms with Gasteiger partial charge in [0.15, 0.2) is 0 Å². The number of hydrogen-bond acceptors (Lipinski definition) is 6. The van der Waals surface area contributed by atoms with Gasteiger partial charge in [-0.3, -0.25) is 14.5 Å². The number of nitrogens with zero attached hydrogens (tertiary/aromatic N) is 4. The molecular weight excluding hydrogens is 420 g/mol. The quantitative estimate of drug-likeness (QED) is 0.632. The molecule has 3 aliphatic rings. The van der Waals surface area contributed by atoms with E-state index in [4.69, 9.17) is 4.74 Å². The van der Waals surface area contributed by atoms with Gasteiger partial charge in [0, 0.05) is 57.9 Å². The van der Waals surface area contributed by atoms with Gasteiger partial charge in [0.1, 0.15) is 0 Å². The molecule has 3 aliphatic heterocycles. The van der Waals surface area contributed by atoms with E-state index in [9.17, 15) is 18.0 Å². The van der Waals surface area contributed by atoms with Gasteiger partial charge in [-0.05, 0) is 31.0 Å². The molecule has 0 saturated carbocycles. The van der Waals surface area contributed by atoms with Gasteiger partial charge in [0.2, 0.25) is 15.9 Å². The molecule has 3 heterocycles. The molecule has 0 spiro atoms. The first-order chi connectivity index (χ1) is 14.9. The second-order valence-corrected chi connectivity index (χ2v) is 10.1. The van der Waals surface area contributed by atoms with Crippen LogP contribution in [0, 0.1) is 0 Å². The highest BCUT2D eigenvalue weighted by Gasteiger charge is 2.29. The third kappa shape index (κ3) is 5.08. The Morgan fingerprint density at radius 3 is 2.23 bits per heavy atom. The summed E-state index contributed by atoms with van der Waals surface area (Å²) in [5.74, 6) is -0.0690. The minimum Gasteiger partial charge on any atom is -0.378 e. The minimum absolute atomic E-state index is 0.0999.